The van der Waals surface area contributed by atoms with E-state index < -0.39 is 12.0 Å². The van der Waals surface area contributed by atoms with Gasteiger partial charge in [0.05, 0.1) is 19.8 Å². The zero-order valence-electron chi connectivity index (χ0n) is 11.4. The lowest BCUT2D eigenvalue weighted by molar-refractivity contribution is -0.150. The second-order valence-corrected chi connectivity index (χ2v) is 4.63. The van der Waals surface area contributed by atoms with Crippen LogP contribution in [0.5, 0.6) is 11.5 Å². The van der Waals surface area contributed by atoms with Gasteiger partial charge in [0, 0.05) is 13.1 Å². The van der Waals surface area contributed by atoms with Gasteiger partial charge in [0.1, 0.15) is 6.04 Å². The lowest BCUT2D eigenvalue weighted by Gasteiger charge is -2.32. The molecule has 0 radical (unpaired) electrons. The first-order chi connectivity index (χ1) is 9.61. The summed E-state index contributed by atoms with van der Waals surface area (Å²) < 4.78 is 10.5. The Bertz CT molecular complexity index is 477. The van der Waals surface area contributed by atoms with Crippen LogP contribution in [0.15, 0.2) is 18.2 Å². The molecule has 0 aromatic heterocycles. The second-order valence-electron chi connectivity index (χ2n) is 4.63. The van der Waals surface area contributed by atoms with Crippen molar-refractivity contribution in [3.8, 4) is 11.5 Å². The van der Waals surface area contributed by atoms with Crippen LogP contribution in [0.3, 0.4) is 0 Å². The lowest BCUT2D eigenvalue weighted by Crippen LogP contribution is -2.49. The fraction of sp³-hybridized carbons (Fsp3) is 0.500. The van der Waals surface area contributed by atoms with E-state index in [4.69, 9.17) is 9.47 Å². The summed E-state index contributed by atoms with van der Waals surface area (Å²) in [6, 6.07) is 4.45. The van der Waals surface area contributed by atoms with Crippen LogP contribution < -0.4 is 4.74 Å². The first-order valence-corrected chi connectivity index (χ1v) is 6.61. The number of phenols is 1. The van der Waals surface area contributed by atoms with Gasteiger partial charge in [-0.1, -0.05) is 6.07 Å². The molecule has 0 aliphatic carbocycles. The van der Waals surface area contributed by atoms with Gasteiger partial charge in [0.15, 0.2) is 11.5 Å². The lowest BCUT2D eigenvalue weighted by atomic mass is 10.1. The number of aliphatic carboxylic acids is 1. The molecule has 1 aromatic carbocycles. The van der Waals surface area contributed by atoms with Crippen LogP contribution in [-0.4, -0.2) is 53.5 Å². The van der Waals surface area contributed by atoms with Gasteiger partial charge in [-0.05, 0) is 24.6 Å². The number of hydrogen-bond acceptors (Lipinski definition) is 5. The quantitative estimate of drug-likeness (QED) is 0.840. The van der Waals surface area contributed by atoms with Crippen LogP contribution in [0, 0.1) is 0 Å². The maximum Gasteiger partial charge on any atom is 0.323 e. The molecule has 1 unspecified atom stereocenters. The molecule has 0 bridgehead atoms. The number of hydrogen-bond donors (Lipinski definition) is 2. The third-order valence-corrected chi connectivity index (χ3v) is 3.23. The van der Waals surface area contributed by atoms with E-state index in [0.29, 0.717) is 32.1 Å². The fourth-order valence-electron chi connectivity index (χ4n) is 2.22. The Kier molecular flexibility index (Phi) is 4.81. The maximum atomic E-state index is 11.2. The summed E-state index contributed by atoms with van der Waals surface area (Å²) >= 11 is 0. The molecule has 1 aliphatic heterocycles. The normalized spacial score (nSPS) is 19.8. The molecule has 0 amide bonds. The van der Waals surface area contributed by atoms with Crippen molar-refractivity contribution in [1.29, 1.82) is 0 Å². The SMILES string of the molecule is CCOc1cc(CN2CCOCC2C(=O)O)ccc1O. The molecule has 6 nitrogen and oxygen atoms in total. The zero-order chi connectivity index (χ0) is 14.5. The Morgan fingerprint density at radius 2 is 2.35 bits per heavy atom. The molecule has 1 heterocycles. The number of ether oxygens (including phenoxy) is 2. The highest BCUT2D eigenvalue weighted by Gasteiger charge is 2.29. The number of morpholine rings is 1. The highest BCUT2D eigenvalue weighted by molar-refractivity contribution is 5.73. The van der Waals surface area contributed by atoms with E-state index in [1.54, 1.807) is 18.2 Å². The number of carboxylic acid groups (broad SMARTS) is 1. The Morgan fingerprint density at radius 1 is 1.55 bits per heavy atom. The van der Waals surface area contributed by atoms with Crippen molar-refractivity contribution in [2.24, 2.45) is 0 Å². The van der Waals surface area contributed by atoms with Gasteiger partial charge in [-0.3, -0.25) is 9.69 Å². The van der Waals surface area contributed by atoms with E-state index in [2.05, 4.69) is 0 Å². The first kappa shape index (κ1) is 14.6. The predicted molar refractivity (Wildman–Crippen MR) is 71.9 cm³/mol. The number of benzene rings is 1. The molecule has 20 heavy (non-hydrogen) atoms. The molecular weight excluding hydrogens is 262 g/mol. The highest BCUT2D eigenvalue weighted by Crippen LogP contribution is 2.27. The number of phenolic OH excluding ortho intramolecular Hbond substituents is 1. The van der Waals surface area contributed by atoms with Crippen LogP contribution in [-0.2, 0) is 16.1 Å². The summed E-state index contributed by atoms with van der Waals surface area (Å²) in [6.07, 6.45) is 0. The molecule has 2 rings (SSSR count). The van der Waals surface area contributed by atoms with Gasteiger partial charge in [-0.2, -0.15) is 0 Å². The molecule has 6 heteroatoms. The minimum atomic E-state index is -0.881. The average Bonchev–Trinajstić information content (AvgIpc) is 2.43. The predicted octanol–water partition coefficient (Wildman–Crippen LogP) is 1.08. The maximum absolute atomic E-state index is 11.2. The van der Waals surface area contributed by atoms with Crippen LogP contribution in [0.1, 0.15) is 12.5 Å². The topological polar surface area (TPSA) is 79.2 Å². The van der Waals surface area contributed by atoms with E-state index in [-0.39, 0.29) is 12.4 Å². The largest absolute Gasteiger partial charge is 0.504 e. The number of carboxylic acids is 1. The number of rotatable bonds is 5. The Morgan fingerprint density at radius 3 is 3.05 bits per heavy atom. The van der Waals surface area contributed by atoms with Crippen LogP contribution in [0.2, 0.25) is 0 Å². The van der Waals surface area contributed by atoms with Gasteiger partial charge >= 0.3 is 5.97 Å². The van der Waals surface area contributed by atoms with E-state index in [9.17, 15) is 15.0 Å². The smallest absolute Gasteiger partial charge is 0.323 e. The Balaban J connectivity index is 2.11. The standard InChI is InChI=1S/C14H19NO5/c1-2-20-13-7-10(3-4-12(13)16)8-15-5-6-19-9-11(15)14(17)18/h3-4,7,11,16H,2,5-6,8-9H2,1H3,(H,17,18). The summed E-state index contributed by atoms with van der Waals surface area (Å²) in [5, 5.41) is 18.8. The molecule has 2 N–H and O–H groups in total. The molecule has 1 fully saturated rings. The van der Waals surface area contributed by atoms with E-state index >= 15 is 0 Å². The van der Waals surface area contributed by atoms with Gasteiger partial charge in [-0.25, -0.2) is 0 Å². The average molecular weight is 281 g/mol. The van der Waals surface area contributed by atoms with Crippen LogP contribution >= 0.6 is 0 Å². The number of aromatic hydroxyl groups is 1. The summed E-state index contributed by atoms with van der Waals surface area (Å²) in [4.78, 5) is 13.0. The molecule has 1 atom stereocenters. The van der Waals surface area contributed by atoms with Gasteiger partial charge < -0.3 is 19.7 Å². The van der Waals surface area contributed by atoms with Crippen molar-refractivity contribution in [2.45, 2.75) is 19.5 Å². The van der Waals surface area contributed by atoms with E-state index in [1.807, 2.05) is 11.8 Å². The van der Waals surface area contributed by atoms with Gasteiger partial charge in [0.2, 0.25) is 0 Å². The van der Waals surface area contributed by atoms with Crippen molar-refractivity contribution in [2.75, 3.05) is 26.4 Å². The second kappa shape index (κ2) is 6.58. The van der Waals surface area contributed by atoms with Crippen molar-refractivity contribution in [3.63, 3.8) is 0 Å². The highest BCUT2D eigenvalue weighted by atomic mass is 16.5. The summed E-state index contributed by atoms with van der Waals surface area (Å²) in [6.45, 7) is 4.09. The molecule has 0 saturated carbocycles. The molecule has 0 spiro atoms. The molecule has 110 valence electrons. The van der Waals surface area contributed by atoms with E-state index in [1.165, 1.54) is 0 Å². The molecular formula is C14H19NO5. The van der Waals surface area contributed by atoms with Crippen molar-refractivity contribution < 1.29 is 24.5 Å². The summed E-state index contributed by atoms with van der Waals surface area (Å²) in [5.74, 6) is -0.369. The van der Waals surface area contributed by atoms with Crippen LogP contribution in [0.25, 0.3) is 0 Å². The summed E-state index contributed by atoms with van der Waals surface area (Å²) in [7, 11) is 0. The number of nitrogens with zero attached hydrogens (tertiary/aromatic N) is 1. The van der Waals surface area contributed by atoms with Crippen LogP contribution in [0.4, 0.5) is 0 Å². The minimum Gasteiger partial charge on any atom is -0.504 e. The zero-order valence-corrected chi connectivity index (χ0v) is 11.4. The molecule has 1 aromatic rings. The van der Waals surface area contributed by atoms with Gasteiger partial charge in [-0.15, -0.1) is 0 Å². The van der Waals surface area contributed by atoms with E-state index in [0.717, 1.165) is 5.56 Å². The summed E-state index contributed by atoms with van der Waals surface area (Å²) in [5.41, 5.74) is 0.902. The fourth-order valence-corrected chi connectivity index (χ4v) is 2.22. The first-order valence-electron chi connectivity index (χ1n) is 6.61. The van der Waals surface area contributed by atoms with Crippen molar-refractivity contribution in [3.05, 3.63) is 23.8 Å². The van der Waals surface area contributed by atoms with Crippen molar-refractivity contribution >= 4 is 5.97 Å². The van der Waals surface area contributed by atoms with Crippen molar-refractivity contribution in [1.82, 2.24) is 4.90 Å². The third-order valence-electron chi connectivity index (χ3n) is 3.23. The third kappa shape index (κ3) is 3.40. The minimum absolute atomic E-state index is 0.0902. The molecule has 1 saturated heterocycles. The Labute approximate surface area is 117 Å². The Hall–Kier alpha value is -1.79. The van der Waals surface area contributed by atoms with Gasteiger partial charge in [0.25, 0.3) is 0 Å². The monoisotopic (exact) mass is 281 g/mol. The number of carbonyl (C=O) groups is 1. The molecule has 1 aliphatic rings.